The molecule has 0 spiro atoms. The van der Waals surface area contributed by atoms with Crippen molar-refractivity contribution in [2.45, 2.75) is 33.1 Å². The van der Waals surface area contributed by atoms with Gasteiger partial charge in [-0.25, -0.2) is 4.79 Å². The molecule has 3 aromatic rings. The van der Waals surface area contributed by atoms with E-state index in [1.807, 2.05) is 44.2 Å². The van der Waals surface area contributed by atoms with Gasteiger partial charge in [0.25, 0.3) is 0 Å². The summed E-state index contributed by atoms with van der Waals surface area (Å²) in [5.74, 6) is 0.364. The van der Waals surface area contributed by atoms with E-state index in [0.29, 0.717) is 23.2 Å². The Morgan fingerprint density at radius 2 is 1.73 bits per heavy atom. The number of carbonyl (C=O) groups is 1. The third-order valence-electron chi connectivity index (χ3n) is 6.12. The Hall–Kier alpha value is -2.70. The standard InChI is InChI=1S/C27H30N2O2S2/c1-3-31-26(30)24-23(22-12-8-5-9-13-22)19(2)33-25(24)28-27(32)29-16-14-21(15-17-29)18-20-10-6-4-7-11-20/h4-13,21H,3,14-18H2,1-2H3,(H,28,32). The van der Waals surface area contributed by atoms with Crippen LogP contribution in [-0.4, -0.2) is 35.7 Å². The number of benzene rings is 2. The van der Waals surface area contributed by atoms with Crippen molar-refractivity contribution in [1.29, 1.82) is 0 Å². The number of esters is 1. The van der Waals surface area contributed by atoms with Gasteiger partial charge in [-0.05, 0) is 62.4 Å². The van der Waals surface area contributed by atoms with E-state index in [1.54, 1.807) is 11.3 Å². The summed E-state index contributed by atoms with van der Waals surface area (Å²) in [6.07, 6.45) is 3.34. The molecule has 0 unspecified atom stereocenters. The number of hydrogen-bond acceptors (Lipinski definition) is 4. The van der Waals surface area contributed by atoms with Gasteiger partial charge in [0, 0.05) is 23.5 Å². The fourth-order valence-corrected chi connectivity index (χ4v) is 5.86. The van der Waals surface area contributed by atoms with E-state index < -0.39 is 0 Å². The van der Waals surface area contributed by atoms with Gasteiger partial charge in [0.15, 0.2) is 5.11 Å². The Balaban J connectivity index is 1.47. The Morgan fingerprint density at radius 1 is 1.09 bits per heavy atom. The molecule has 1 aromatic heterocycles. The highest BCUT2D eigenvalue weighted by Gasteiger charge is 2.27. The third kappa shape index (κ3) is 5.63. The molecule has 4 rings (SSSR count). The topological polar surface area (TPSA) is 41.6 Å². The molecule has 0 aliphatic carbocycles. The summed E-state index contributed by atoms with van der Waals surface area (Å²) in [5.41, 5.74) is 3.91. The van der Waals surface area contributed by atoms with Crippen LogP contribution < -0.4 is 5.32 Å². The molecular formula is C27H30N2O2S2. The smallest absolute Gasteiger partial charge is 0.341 e. The molecule has 0 amide bonds. The fraction of sp³-hybridized carbons (Fsp3) is 0.333. The van der Waals surface area contributed by atoms with Crippen LogP contribution in [0, 0.1) is 12.8 Å². The van der Waals surface area contributed by atoms with Crippen LogP contribution >= 0.6 is 23.6 Å². The van der Waals surface area contributed by atoms with Crippen LogP contribution in [0.25, 0.3) is 11.1 Å². The molecule has 0 saturated carbocycles. The lowest BCUT2D eigenvalue weighted by molar-refractivity contribution is 0.0529. The molecule has 1 aliphatic heterocycles. The Morgan fingerprint density at radius 3 is 2.36 bits per heavy atom. The van der Waals surface area contributed by atoms with Crippen LogP contribution in [0.4, 0.5) is 5.00 Å². The molecule has 2 aromatic carbocycles. The summed E-state index contributed by atoms with van der Waals surface area (Å²) in [6.45, 7) is 6.05. The minimum absolute atomic E-state index is 0.312. The number of ether oxygens (including phenoxy) is 1. The molecule has 0 atom stereocenters. The van der Waals surface area contributed by atoms with E-state index in [-0.39, 0.29) is 5.97 Å². The molecule has 1 aliphatic rings. The number of rotatable bonds is 6. The number of aryl methyl sites for hydroxylation is 1. The SMILES string of the molecule is CCOC(=O)c1c(NC(=S)N2CCC(Cc3ccccc3)CC2)sc(C)c1-c1ccccc1. The average Bonchev–Trinajstić information content (AvgIpc) is 3.16. The van der Waals surface area contributed by atoms with Gasteiger partial charge >= 0.3 is 5.97 Å². The Kier molecular flexibility index (Phi) is 7.78. The number of nitrogens with zero attached hydrogens (tertiary/aromatic N) is 1. The van der Waals surface area contributed by atoms with Crippen molar-refractivity contribution in [3.8, 4) is 11.1 Å². The summed E-state index contributed by atoms with van der Waals surface area (Å²) in [4.78, 5) is 16.2. The van der Waals surface area contributed by atoms with Gasteiger partial charge in [-0.1, -0.05) is 60.7 Å². The third-order valence-corrected chi connectivity index (χ3v) is 7.50. The molecule has 4 nitrogen and oxygen atoms in total. The highest BCUT2D eigenvalue weighted by molar-refractivity contribution is 7.80. The lowest BCUT2D eigenvalue weighted by Gasteiger charge is -2.34. The second kappa shape index (κ2) is 10.9. The number of anilines is 1. The number of carbonyl (C=O) groups excluding carboxylic acids is 1. The lowest BCUT2D eigenvalue weighted by atomic mass is 9.90. The largest absolute Gasteiger partial charge is 0.462 e. The highest BCUT2D eigenvalue weighted by atomic mass is 32.1. The van der Waals surface area contributed by atoms with Crippen LogP contribution in [0.1, 0.15) is 40.6 Å². The maximum atomic E-state index is 12.9. The van der Waals surface area contributed by atoms with Gasteiger partial charge in [-0.3, -0.25) is 0 Å². The van der Waals surface area contributed by atoms with Crippen LogP contribution in [0.15, 0.2) is 60.7 Å². The molecule has 33 heavy (non-hydrogen) atoms. The van der Waals surface area contributed by atoms with Crippen molar-refractivity contribution in [3.05, 3.63) is 76.7 Å². The summed E-state index contributed by atoms with van der Waals surface area (Å²) >= 11 is 7.33. The Labute approximate surface area is 205 Å². The van der Waals surface area contributed by atoms with Crippen LogP contribution in [0.3, 0.4) is 0 Å². The molecule has 0 bridgehead atoms. The number of piperidine rings is 1. The first-order valence-electron chi connectivity index (χ1n) is 11.5. The second-order valence-corrected chi connectivity index (χ2v) is 9.99. The first kappa shape index (κ1) is 23.5. The van der Waals surface area contributed by atoms with Gasteiger partial charge in [-0.2, -0.15) is 0 Å². The second-order valence-electron chi connectivity index (χ2n) is 8.37. The van der Waals surface area contributed by atoms with E-state index in [0.717, 1.165) is 53.4 Å². The van der Waals surface area contributed by atoms with Crippen molar-refractivity contribution < 1.29 is 9.53 Å². The van der Waals surface area contributed by atoms with Crippen molar-refractivity contribution in [2.24, 2.45) is 5.92 Å². The van der Waals surface area contributed by atoms with E-state index in [9.17, 15) is 4.79 Å². The summed E-state index contributed by atoms with van der Waals surface area (Å²) in [5, 5.41) is 4.84. The molecular weight excluding hydrogens is 448 g/mol. The van der Waals surface area contributed by atoms with Crippen molar-refractivity contribution in [3.63, 3.8) is 0 Å². The van der Waals surface area contributed by atoms with Gasteiger partial charge in [0.2, 0.25) is 0 Å². The highest BCUT2D eigenvalue weighted by Crippen LogP contribution is 2.40. The number of hydrogen-bond donors (Lipinski definition) is 1. The van der Waals surface area contributed by atoms with E-state index in [1.165, 1.54) is 5.56 Å². The first-order chi connectivity index (χ1) is 16.1. The molecule has 1 fully saturated rings. The maximum Gasteiger partial charge on any atom is 0.341 e. The predicted molar refractivity (Wildman–Crippen MR) is 141 cm³/mol. The fourth-order valence-electron chi connectivity index (χ4n) is 4.45. The summed E-state index contributed by atoms with van der Waals surface area (Å²) in [7, 11) is 0. The zero-order chi connectivity index (χ0) is 23.2. The van der Waals surface area contributed by atoms with E-state index in [2.05, 4.69) is 40.5 Å². The van der Waals surface area contributed by atoms with Crippen LogP contribution in [0.5, 0.6) is 0 Å². The normalized spacial score (nSPS) is 14.2. The monoisotopic (exact) mass is 478 g/mol. The summed E-state index contributed by atoms with van der Waals surface area (Å²) in [6, 6.07) is 20.7. The number of thiophene rings is 1. The minimum atomic E-state index is -0.312. The van der Waals surface area contributed by atoms with E-state index in [4.69, 9.17) is 17.0 Å². The Bertz CT molecular complexity index is 1090. The number of likely N-dealkylation sites (tertiary alicyclic amines) is 1. The van der Waals surface area contributed by atoms with Crippen molar-refractivity contribution in [2.75, 3.05) is 25.0 Å². The van der Waals surface area contributed by atoms with E-state index >= 15 is 0 Å². The minimum Gasteiger partial charge on any atom is -0.462 e. The molecule has 1 N–H and O–H groups in total. The maximum absolute atomic E-state index is 12.9. The molecule has 2 heterocycles. The quantitative estimate of drug-likeness (QED) is 0.321. The zero-order valence-corrected chi connectivity index (χ0v) is 20.8. The molecule has 6 heteroatoms. The number of thiocarbonyl (C=S) groups is 1. The molecule has 1 saturated heterocycles. The van der Waals surface area contributed by atoms with Gasteiger partial charge in [-0.15, -0.1) is 11.3 Å². The van der Waals surface area contributed by atoms with Crippen LogP contribution in [-0.2, 0) is 11.2 Å². The molecule has 172 valence electrons. The molecule has 0 radical (unpaired) electrons. The zero-order valence-electron chi connectivity index (χ0n) is 19.2. The van der Waals surface area contributed by atoms with Gasteiger partial charge < -0.3 is 15.0 Å². The van der Waals surface area contributed by atoms with Crippen LogP contribution in [0.2, 0.25) is 0 Å². The summed E-state index contributed by atoms with van der Waals surface area (Å²) < 4.78 is 5.41. The lowest BCUT2D eigenvalue weighted by Crippen LogP contribution is -2.41. The first-order valence-corrected chi connectivity index (χ1v) is 12.7. The van der Waals surface area contributed by atoms with Gasteiger partial charge in [0.05, 0.1) is 6.61 Å². The average molecular weight is 479 g/mol. The van der Waals surface area contributed by atoms with Crippen molar-refractivity contribution in [1.82, 2.24) is 4.90 Å². The van der Waals surface area contributed by atoms with Gasteiger partial charge in [0.1, 0.15) is 10.6 Å². The number of nitrogens with one attached hydrogen (secondary N) is 1. The predicted octanol–water partition coefficient (Wildman–Crippen LogP) is 6.55. The van der Waals surface area contributed by atoms with Crippen molar-refractivity contribution >= 4 is 39.6 Å².